The Morgan fingerprint density at radius 2 is 1.93 bits per heavy atom. The second-order valence-corrected chi connectivity index (χ2v) is 8.20. The highest BCUT2D eigenvalue weighted by atomic mass is 16.5. The van der Waals surface area contributed by atoms with Crippen LogP contribution in [-0.4, -0.2) is 61.7 Å². The Morgan fingerprint density at radius 1 is 1.14 bits per heavy atom. The SMILES string of the molecule is CN(C)CCOc1ccc2c(c1)CCOC21CCN(Cc2ccncc2)CC1. The van der Waals surface area contributed by atoms with Crippen LogP contribution in [0.1, 0.15) is 29.5 Å². The fourth-order valence-corrected chi connectivity index (χ4v) is 4.32. The van der Waals surface area contributed by atoms with Gasteiger partial charge in [0.1, 0.15) is 12.4 Å². The molecule has 0 N–H and O–H groups in total. The van der Waals surface area contributed by atoms with Gasteiger partial charge in [-0.3, -0.25) is 9.88 Å². The molecule has 1 fully saturated rings. The normalized spacial score (nSPS) is 19.0. The van der Waals surface area contributed by atoms with Crippen molar-refractivity contribution in [2.45, 2.75) is 31.4 Å². The first-order chi connectivity index (χ1) is 13.6. The van der Waals surface area contributed by atoms with Crippen molar-refractivity contribution in [1.82, 2.24) is 14.8 Å². The van der Waals surface area contributed by atoms with Gasteiger partial charge >= 0.3 is 0 Å². The monoisotopic (exact) mass is 381 g/mol. The molecule has 2 aliphatic rings. The van der Waals surface area contributed by atoms with E-state index in [2.05, 4.69) is 59.2 Å². The maximum atomic E-state index is 6.40. The molecule has 0 aliphatic carbocycles. The Kier molecular flexibility index (Phi) is 5.95. The van der Waals surface area contributed by atoms with E-state index in [9.17, 15) is 0 Å². The molecule has 1 aromatic carbocycles. The molecule has 0 atom stereocenters. The van der Waals surface area contributed by atoms with Crippen LogP contribution in [0.4, 0.5) is 0 Å². The van der Waals surface area contributed by atoms with Gasteiger partial charge in [0, 0.05) is 38.6 Å². The Bertz CT molecular complexity index is 771. The van der Waals surface area contributed by atoms with E-state index in [1.165, 1.54) is 16.7 Å². The highest BCUT2D eigenvalue weighted by molar-refractivity contribution is 5.41. The molecule has 1 spiro atoms. The molecule has 0 bridgehead atoms. The number of likely N-dealkylation sites (N-methyl/N-ethyl adjacent to an activating group) is 1. The summed E-state index contributed by atoms with van der Waals surface area (Å²) in [5, 5.41) is 0. The maximum absolute atomic E-state index is 6.40. The summed E-state index contributed by atoms with van der Waals surface area (Å²) in [6.07, 6.45) is 6.82. The van der Waals surface area contributed by atoms with Crippen LogP contribution in [0, 0.1) is 0 Å². The Labute approximate surface area is 168 Å². The lowest BCUT2D eigenvalue weighted by Gasteiger charge is -2.45. The number of hydrogen-bond donors (Lipinski definition) is 0. The van der Waals surface area contributed by atoms with E-state index in [0.29, 0.717) is 0 Å². The maximum Gasteiger partial charge on any atom is 0.119 e. The topological polar surface area (TPSA) is 37.8 Å². The molecule has 0 saturated carbocycles. The predicted octanol–water partition coefficient (Wildman–Crippen LogP) is 3.09. The first kappa shape index (κ1) is 19.4. The summed E-state index contributed by atoms with van der Waals surface area (Å²) in [5.41, 5.74) is 3.98. The minimum absolute atomic E-state index is 0.121. The minimum Gasteiger partial charge on any atom is -0.492 e. The van der Waals surface area contributed by atoms with Crippen molar-refractivity contribution < 1.29 is 9.47 Å². The van der Waals surface area contributed by atoms with E-state index < -0.39 is 0 Å². The lowest BCUT2D eigenvalue weighted by atomic mass is 9.79. The van der Waals surface area contributed by atoms with E-state index in [4.69, 9.17) is 9.47 Å². The minimum atomic E-state index is -0.121. The Hall–Kier alpha value is -1.95. The third-order valence-corrected chi connectivity index (χ3v) is 5.94. The van der Waals surface area contributed by atoms with E-state index in [-0.39, 0.29) is 5.60 Å². The fourth-order valence-electron chi connectivity index (χ4n) is 4.32. The number of ether oxygens (including phenoxy) is 2. The van der Waals surface area contributed by atoms with Gasteiger partial charge in [-0.1, -0.05) is 6.07 Å². The number of piperidine rings is 1. The number of nitrogens with zero attached hydrogens (tertiary/aromatic N) is 3. The highest BCUT2D eigenvalue weighted by Gasteiger charge is 2.40. The first-order valence-corrected chi connectivity index (χ1v) is 10.3. The van der Waals surface area contributed by atoms with Crippen LogP contribution in [0.3, 0.4) is 0 Å². The van der Waals surface area contributed by atoms with Gasteiger partial charge in [0.05, 0.1) is 12.2 Å². The summed E-state index contributed by atoms with van der Waals surface area (Å²) in [4.78, 5) is 8.78. The van der Waals surface area contributed by atoms with Crippen molar-refractivity contribution in [3.63, 3.8) is 0 Å². The second-order valence-electron chi connectivity index (χ2n) is 8.20. The largest absolute Gasteiger partial charge is 0.492 e. The molecule has 4 rings (SSSR count). The van der Waals surface area contributed by atoms with Gasteiger partial charge in [-0.2, -0.15) is 0 Å². The molecule has 5 heteroatoms. The van der Waals surface area contributed by atoms with Crippen LogP contribution in [0.15, 0.2) is 42.7 Å². The third kappa shape index (κ3) is 4.37. The van der Waals surface area contributed by atoms with Crippen LogP contribution in [0.25, 0.3) is 0 Å². The standard InChI is InChI=1S/C23H31N3O2/c1-25(2)14-16-27-21-3-4-22-20(17-21)7-15-28-23(22)8-12-26(13-9-23)18-19-5-10-24-11-6-19/h3-6,10-11,17H,7-9,12-16,18H2,1-2H3. The molecular formula is C23H31N3O2. The van der Waals surface area contributed by atoms with Gasteiger partial charge in [-0.05, 0) is 74.3 Å². The molecule has 0 radical (unpaired) electrons. The quantitative estimate of drug-likeness (QED) is 0.769. The lowest BCUT2D eigenvalue weighted by Crippen LogP contribution is -2.46. The Balaban J connectivity index is 1.41. The van der Waals surface area contributed by atoms with Crippen molar-refractivity contribution >= 4 is 0 Å². The van der Waals surface area contributed by atoms with Crippen LogP contribution >= 0.6 is 0 Å². The molecule has 150 valence electrons. The molecule has 1 aromatic heterocycles. The number of pyridine rings is 1. The van der Waals surface area contributed by atoms with E-state index in [1.54, 1.807) is 0 Å². The summed E-state index contributed by atoms with van der Waals surface area (Å²) in [6.45, 7) is 5.56. The zero-order valence-electron chi connectivity index (χ0n) is 17.1. The van der Waals surface area contributed by atoms with E-state index in [1.807, 2.05) is 12.4 Å². The summed E-state index contributed by atoms with van der Waals surface area (Å²) >= 11 is 0. The van der Waals surface area contributed by atoms with Crippen molar-refractivity contribution in [3.8, 4) is 5.75 Å². The average Bonchev–Trinajstić information content (AvgIpc) is 2.70. The van der Waals surface area contributed by atoms with E-state index in [0.717, 1.165) is 64.4 Å². The molecule has 0 unspecified atom stereocenters. The lowest BCUT2D eigenvalue weighted by molar-refractivity contribution is -0.0989. The van der Waals surface area contributed by atoms with Gasteiger partial charge in [0.25, 0.3) is 0 Å². The number of benzene rings is 1. The zero-order valence-corrected chi connectivity index (χ0v) is 17.1. The molecule has 2 aliphatic heterocycles. The van der Waals surface area contributed by atoms with Crippen molar-refractivity contribution in [2.24, 2.45) is 0 Å². The second kappa shape index (κ2) is 8.60. The smallest absolute Gasteiger partial charge is 0.119 e. The van der Waals surface area contributed by atoms with Crippen molar-refractivity contribution in [1.29, 1.82) is 0 Å². The van der Waals surface area contributed by atoms with E-state index >= 15 is 0 Å². The molecule has 28 heavy (non-hydrogen) atoms. The van der Waals surface area contributed by atoms with Crippen molar-refractivity contribution in [2.75, 3.05) is 46.9 Å². The van der Waals surface area contributed by atoms with Gasteiger partial charge in [0.2, 0.25) is 0 Å². The molecule has 5 nitrogen and oxygen atoms in total. The zero-order chi connectivity index (χ0) is 19.4. The predicted molar refractivity (Wildman–Crippen MR) is 111 cm³/mol. The van der Waals surface area contributed by atoms with Crippen LogP contribution in [0.5, 0.6) is 5.75 Å². The van der Waals surface area contributed by atoms with Crippen LogP contribution in [0.2, 0.25) is 0 Å². The number of aromatic nitrogens is 1. The fraction of sp³-hybridized carbons (Fsp3) is 0.522. The van der Waals surface area contributed by atoms with Gasteiger partial charge in [-0.15, -0.1) is 0 Å². The molecule has 1 saturated heterocycles. The van der Waals surface area contributed by atoms with Gasteiger partial charge < -0.3 is 14.4 Å². The van der Waals surface area contributed by atoms with Crippen molar-refractivity contribution in [3.05, 3.63) is 59.4 Å². The summed E-state index contributed by atoms with van der Waals surface area (Å²) < 4.78 is 12.3. The molecule has 0 amide bonds. The molecular weight excluding hydrogens is 350 g/mol. The highest BCUT2D eigenvalue weighted by Crippen LogP contribution is 2.42. The molecule has 3 heterocycles. The first-order valence-electron chi connectivity index (χ1n) is 10.3. The number of rotatable bonds is 6. The molecule has 2 aromatic rings. The third-order valence-electron chi connectivity index (χ3n) is 5.94. The summed E-state index contributed by atoms with van der Waals surface area (Å²) in [7, 11) is 4.14. The van der Waals surface area contributed by atoms with Gasteiger partial charge in [-0.25, -0.2) is 0 Å². The van der Waals surface area contributed by atoms with Gasteiger partial charge in [0.15, 0.2) is 0 Å². The van der Waals surface area contributed by atoms with Crippen LogP contribution < -0.4 is 4.74 Å². The Morgan fingerprint density at radius 3 is 2.68 bits per heavy atom. The number of hydrogen-bond acceptors (Lipinski definition) is 5. The average molecular weight is 382 g/mol. The number of likely N-dealkylation sites (tertiary alicyclic amines) is 1. The number of fused-ring (bicyclic) bond motifs is 2. The van der Waals surface area contributed by atoms with Crippen LogP contribution in [-0.2, 0) is 23.3 Å². The summed E-state index contributed by atoms with van der Waals surface area (Å²) in [6, 6.07) is 10.8. The summed E-state index contributed by atoms with van der Waals surface area (Å²) in [5.74, 6) is 0.979.